The van der Waals surface area contributed by atoms with Crippen LogP contribution in [0.3, 0.4) is 0 Å². The Morgan fingerprint density at radius 2 is 2.09 bits per heavy atom. The molecule has 0 bridgehead atoms. The van der Waals surface area contributed by atoms with Crippen molar-refractivity contribution in [3.8, 4) is 11.8 Å². The Bertz CT molecular complexity index is 1530. The number of aromatic nitrogens is 5. The summed E-state index contributed by atoms with van der Waals surface area (Å²) in [5.74, 6) is 0.493. The minimum Gasteiger partial charge on any atom is -0.382 e. The van der Waals surface area contributed by atoms with Gasteiger partial charge in [-0.05, 0) is 49.9 Å². The van der Waals surface area contributed by atoms with Gasteiger partial charge in [-0.15, -0.1) is 0 Å². The number of nitriles is 1. The first kappa shape index (κ1) is 21.7. The van der Waals surface area contributed by atoms with Gasteiger partial charge in [-0.2, -0.15) is 5.26 Å². The Hall–Kier alpha value is -4.10. The summed E-state index contributed by atoms with van der Waals surface area (Å²) < 4.78 is 15.6. The molecule has 0 radical (unpaired) electrons. The highest BCUT2D eigenvalue weighted by molar-refractivity contribution is 6.35. The Morgan fingerprint density at radius 3 is 2.76 bits per heavy atom. The molecule has 1 fully saturated rings. The van der Waals surface area contributed by atoms with Crippen LogP contribution in [0.2, 0.25) is 5.02 Å². The molecule has 11 heteroatoms. The smallest absolute Gasteiger partial charge is 0.267 e. The van der Waals surface area contributed by atoms with Gasteiger partial charge in [0, 0.05) is 6.20 Å². The summed E-state index contributed by atoms with van der Waals surface area (Å²) in [6.45, 7) is 1.67. The lowest BCUT2D eigenvalue weighted by molar-refractivity contribution is 0.606. The number of nitrogens with one attached hydrogen (secondary N) is 1. The van der Waals surface area contributed by atoms with E-state index in [9.17, 15) is 14.4 Å². The Balaban J connectivity index is 1.78. The number of anilines is 2. The van der Waals surface area contributed by atoms with Crippen molar-refractivity contribution in [2.45, 2.75) is 25.8 Å². The number of aryl methyl sites for hydroxylation is 1. The molecule has 1 saturated carbocycles. The summed E-state index contributed by atoms with van der Waals surface area (Å²) in [6, 6.07) is 7.53. The molecule has 1 aliphatic carbocycles. The van der Waals surface area contributed by atoms with Crippen LogP contribution in [0, 0.1) is 30.0 Å². The van der Waals surface area contributed by atoms with E-state index in [1.165, 1.54) is 22.9 Å². The van der Waals surface area contributed by atoms with Crippen LogP contribution in [0.5, 0.6) is 0 Å². The average molecular weight is 477 g/mol. The van der Waals surface area contributed by atoms with E-state index >= 15 is 0 Å². The van der Waals surface area contributed by atoms with Crippen molar-refractivity contribution in [2.75, 3.05) is 11.1 Å². The summed E-state index contributed by atoms with van der Waals surface area (Å²) in [4.78, 5) is 31.0. The molecule has 170 valence electrons. The van der Waals surface area contributed by atoms with Gasteiger partial charge in [0.05, 0.1) is 33.9 Å². The first-order valence-corrected chi connectivity index (χ1v) is 10.9. The van der Waals surface area contributed by atoms with E-state index in [2.05, 4.69) is 20.3 Å². The van der Waals surface area contributed by atoms with Crippen LogP contribution < -0.4 is 16.6 Å². The molecule has 1 aliphatic rings. The Morgan fingerprint density at radius 1 is 1.29 bits per heavy atom. The van der Waals surface area contributed by atoms with E-state index in [1.807, 2.05) is 6.07 Å². The molecule has 3 N–H and O–H groups in total. The zero-order chi connectivity index (χ0) is 24.0. The molecule has 3 aromatic heterocycles. The fourth-order valence-corrected chi connectivity index (χ4v) is 4.19. The number of benzene rings is 1. The van der Waals surface area contributed by atoms with Gasteiger partial charge in [0.1, 0.15) is 34.9 Å². The van der Waals surface area contributed by atoms with Crippen LogP contribution in [0.25, 0.3) is 16.6 Å². The molecular weight excluding hydrogens is 459 g/mol. The number of pyridine rings is 1. The van der Waals surface area contributed by atoms with Gasteiger partial charge in [-0.3, -0.25) is 14.3 Å². The molecule has 0 unspecified atom stereocenters. The van der Waals surface area contributed by atoms with Gasteiger partial charge in [0.2, 0.25) is 0 Å². The van der Waals surface area contributed by atoms with Crippen molar-refractivity contribution in [2.24, 2.45) is 5.92 Å². The van der Waals surface area contributed by atoms with Crippen LogP contribution in [-0.2, 0) is 0 Å². The van der Waals surface area contributed by atoms with Gasteiger partial charge >= 0.3 is 0 Å². The molecule has 0 spiro atoms. The molecule has 34 heavy (non-hydrogen) atoms. The highest BCUT2D eigenvalue weighted by Gasteiger charge is 2.37. The summed E-state index contributed by atoms with van der Waals surface area (Å²) in [5, 5.41) is 12.6. The van der Waals surface area contributed by atoms with Crippen molar-refractivity contribution in [1.29, 1.82) is 5.26 Å². The largest absolute Gasteiger partial charge is 0.382 e. The number of nitrogens with two attached hydrogens (primary N) is 1. The molecule has 4 aromatic rings. The van der Waals surface area contributed by atoms with Gasteiger partial charge in [0.15, 0.2) is 5.82 Å². The number of fused-ring (bicyclic) bond motifs is 1. The topological polar surface area (TPSA) is 135 Å². The molecule has 0 aliphatic heterocycles. The first-order valence-electron chi connectivity index (χ1n) is 10.5. The Labute approximate surface area is 198 Å². The normalized spacial score (nSPS) is 14.1. The third-order valence-corrected chi connectivity index (χ3v) is 6.05. The Kier molecular flexibility index (Phi) is 5.34. The number of hydrogen-bond donors (Lipinski definition) is 2. The molecule has 0 amide bonds. The summed E-state index contributed by atoms with van der Waals surface area (Å²) in [5.41, 5.74) is 6.24. The van der Waals surface area contributed by atoms with Gasteiger partial charge < -0.3 is 11.1 Å². The number of rotatable bonds is 5. The van der Waals surface area contributed by atoms with Crippen molar-refractivity contribution < 1.29 is 4.39 Å². The van der Waals surface area contributed by atoms with E-state index in [0.29, 0.717) is 17.3 Å². The van der Waals surface area contributed by atoms with E-state index in [-0.39, 0.29) is 39.0 Å². The molecule has 1 aromatic carbocycles. The van der Waals surface area contributed by atoms with Crippen molar-refractivity contribution in [3.63, 3.8) is 0 Å². The molecule has 9 nitrogen and oxygen atoms in total. The van der Waals surface area contributed by atoms with Crippen molar-refractivity contribution in [1.82, 2.24) is 24.5 Å². The van der Waals surface area contributed by atoms with E-state index in [4.69, 9.17) is 22.3 Å². The van der Waals surface area contributed by atoms with Crippen LogP contribution in [-0.4, -0.2) is 24.5 Å². The lowest BCUT2D eigenvalue weighted by Crippen LogP contribution is -2.30. The molecular formula is C23H18ClFN8O. The highest BCUT2D eigenvalue weighted by atomic mass is 35.5. The molecule has 5 rings (SSSR count). The quantitative estimate of drug-likeness (QED) is 0.445. The van der Waals surface area contributed by atoms with Crippen molar-refractivity contribution in [3.05, 3.63) is 75.1 Å². The van der Waals surface area contributed by atoms with E-state index in [0.717, 1.165) is 12.8 Å². The minimum atomic E-state index is -0.707. The predicted octanol–water partition coefficient (Wildman–Crippen LogP) is 3.69. The zero-order valence-electron chi connectivity index (χ0n) is 18.0. The second-order valence-electron chi connectivity index (χ2n) is 8.03. The number of halogens is 2. The fraction of sp³-hybridized carbons (Fsp3) is 0.217. The summed E-state index contributed by atoms with van der Waals surface area (Å²) in [6.07, 6.45) is 4.86. The zero-order valence-corrected chi connectivity index (χ0v) is 18.7. The SMILES string of the molecule is Cc1nc(N)c(C#N)c(N[C@H](c2nc3ccc(F)c(Cl)c3c(=O)n2-c2cccnc2)C2CC2)n1. The van der Waals surface area contributed by atoms with Gasteiger partial charge in [-0.1, -0.05) is 11.6 Å². The minimum absolute atomic E-state index is 0.0244. The monoisotopic (exact) mass is 476 g/mol. The standard InChI is InChI=1S/C23H18ClFN8O/c1-11-29-20(27)14(9-26)21(30-11)32-19(12-4-5-12)22-31-16-7-6-15(25)18(24)17(16)23(34)33(22)13-3-2-8-28-10-13/h2-3,6-8,10,12,19H,4-5H2,1H3,(H3,27,29,30,32)/t19-/m0/s1. The maximum Gasteiger partial charge on any atom is 0.267 e. The van der Waals surface area contributed by atoms with Gasteiger partial charge in [-0.25, -0.2) is 19.3 Å². The lowest BCUT2D eigenvalue weighted by atomic mass is 10.1. The third-order valence-electron chi connectivity index (χ3n) is 5.68. The number of hydrogen-bond acceptors (Lipinski definition) is 8. The maximum absolute atomic E-state index is 14.2. The van der Waals surface area contributed by atoms with E-state index in [1.54, 1.807) is 25.3 Å². The molecule has 0 saturated heterocycles. The molecule has 3 heterocycles. The van der Waals surface area contributed by atoms with Gasteiger partial charge in [0.25, 0.3) is 5.56 Å². The van der Waals surface area contributed by atoms with E-state index < -0.39 is 17.4 Å². The highest BCUT2D eigenvalue weighted by Crippen LogP contribution is 2.43. The summed E-state index contributed by atoms with van der Waals surface area (Å²) >= 11 is 6.18. The number of nitrogen functional groups attached to an aromatic ring is 1. The van der Waals surface area contributed by atoms with Crippen LogP contribution in [0.4, 0.5) is 16.0 Å². The van der Waals surface area contributed by atoms with Crippen LogP contribution >= 0.6 is 11.6 Å². The van der Waals surface area contributed by atoms with Crippen molar-refractivity contribution >= 4 is 34.1 Å². The lowest BCUT2D eigenvalue weighted by Gasteiger charge is -2.23. The van der Waals surface area contributed by atoms with Crippen LogP contribution in [0.1, 0.15) is 36.1 Å². The fourth-order valence-electron chi connectivity index (χ4n) is 3.95. The third kappa shape index (κ3) is 3.70. The average Bonchev–Trinajstić information content (AvgIpc) is 3.65. The first-order chi connectivity index (χ1) is 16.4. The summed E-state index contributed by atoms with van der Waals surface area (Å²) in [7, 11) is 0. The predicted molar refractivity (Wildman–Crippen MR) is 125 cm³/mol. The second kappa shape index (κ2) is 8.35. The van der Waals surface area contributed by atoms with Crippen LogP contribution in [0.15, 0.2) is 41.5 Å². The maximum atomic E-state index is 14.2. The number of nitrogens with zero attached hydrogens (tertiary/aromatic N) is 6. The molecule has 1 atom stereocenters. The second-order valence-corrected chi connectivity index (χ2v) is 8.41.